The molecule has 116 valence electrons. The van der Waals surface area contributed by atoms with Crippen molar-refractivity contribution in [2.45, 2.75) is 0 Å². The van der Waals surface area contributed by atoms with Gasteiger partial charge in [-0.05, 0) is 42.5 Å². The van der Waals surface area contributed by atoms with Crippen molar-refractivity contribution in [1.82, 2.24) is 4.98 Å². The molecule has 7 heteroatoms. The van der Waals surface area contributed by atoms with Crippen molar-refractivity contribution in [2.24, 2.45) is 0 Å². The van der Waals surface area contributed by atoms with Gasteiger partial charge in [-0.25, -0.2) is 9.37 Å². The van der Waals surface area contributed by atoms with Crippen LogP contribution in [-0.4, -0.2) is 10.9 Å². The molecule has 1 amide bonds. The lowest BCUT2D eigenvalue weighted by Gasteiger charge is -2.08. The van der Waals surface area contributed by atoms with Crippen LogP contribution in [0, 0.1) is 5.82 Å². The monoisotopic (exact) mass is 331 g/mol. The maximum atomic E-state index is 13.1. The summed E-state index contributed by atoms with van der Waals surface area (Å²) >= 11 is 5.72. The van der Waals surface area contributed by atoms with Crippen LogP contribution in [-0.2, 0) is 0 Å². The van der Waals surface area contributed by atoms with E-state index < -0.39 is 5.82 Å². The normalized spacial score (nSPS) is 10.3. The van der Waals surface area contributed by atoms with E-state index in [0.29, 0.717) is 17.2 Å². The van der Waals surface area contributed by atoms with E-state index in [1.54, 1.807) is 30.3 Å². The number of hydrogen-bond acceptors (Lipinski definition) is 4. The van der Waals surface area contributed by atoms with Crippen molar-refractivity contribution in [3.8, 4) is 0 Å². The summed E-state index contributed by atoms with van der Waals surface area (Å²) in [6, 6.07) is 10.8. The minimum Gasteiger partial charge on any atom is -0.459 e. The summed E-state index contributed by atoms with van der Waals surface area (Å²) in [5, 5.41) is 5.67. The Morgan fingerprint density at radius 1 is 1.17 bits per heavy atom. The molecule has 0 aliphatic heterocycles. The third-order valence-corrected chi connectivity index (χ3v) is 3.25. The average Bonchev–Trinajstić information content (AvgIpc) is 3.07. The third-order valence-electron chi connectivity index (χ3n) is 2.96. The summed E-state index contributed by atoms with van der Waals surface area (Å²) in [5.41, 5.74) is 1.13. The summed E-state index contributed by atoms with van der Waals surface area (Å²) in [5.74, 6) is -0.0965. The van der Waals surface area contributed by atoms with Crippen molar-refractivity contribution in [3.63, 3.8) is 0 Å². The number of anilines is 3. The number of amides is 1. The molecule has 2 aromatic heterocycles. The molecular weight excluding hydrogens is 321 g/mol. The number of pyridine rings is 1. The van der Waals surface area contributed by atoms with Gasteiger partial charge in [0.1, 0.15) is 11.6 Å². The first-order valence-corrected chi connectivity index (χ1v) is 7.02. The van der Waals surface area contributed by atoms with Crippen LogP contribution in [0.15, 0.2) is 59.3 Å². The standard InChI is InChI=1S/C16H11ClFN3O2/c17-12-8-10(3-5-13(12)18)20-15-6-4-11(9-19-15)21-16(22)14-2-1-7-23-14/h1-9H,(H,19,20)(H,21,22). The van der Waals surface area contributed by atoms with E-state index in [-0.39, 0.29) is 16.7 Å². The topological polar surface area (TPSA) is 67.2 Å². The van der Waals surface area contributed by atoms with Crippen molar-refractivity contribution in [1.29, 1.82) is 0 Å². The fraction of sp³-hybridized carbons (Fsp3) is 0. The number of carbonyl (C=O) groups excluding carboxylic acids is 1. The second-order valence-corrected chi connectivity index (χ2v) is 5.02. The molecule has 0 spiro atoms. The second-order valence-electron chi connectivity index (χ2n) is 4.62. The predicted molar refractivity (Wildman–Crippen MR) is 85.6 cm³/mol. The number of nitrogens with zero attached hydrogens (tertiary/aromatic N) is 1. The first kappa shape index (κ1) is 15.1. The van der Waals surface area contributed by atoms with Gasteiger partial charge in [0.2, 0.25) is 0 Å². The number of rotatable bonds is 4. The minimum atomic E-state index is -0.485. The van der Waals surface area contributed by atoms with Crippen LogP contribution in [0.25, 0.3) is 0 Å². The molecule has 0 saturated heterocycles. The number of nitrogens with one attached hydrogen (secondary N) is 2. The summed E-state index contributed by atoms with van der Waals surface area (Å²) in [7, 11) is 0. The van der Waals surface area contributed by atoms with Crippen LogP contribution in [0.3, 0.4) is 0 Å². The van der Waals surface area contributed by atoms with Gasteiger partial charge in [-0.15, -0.1) is 0 Å². The van der Waals surface area contributed by atoms with E-state index in [0.717, 1.165) is 0 Å². The molecule has 0 atom stereocenters. The zero-order valence-electron chi connectivity index (χ0n) is 11.7. The van der Waals surface area contributed by atoms with Crippen molar-refractivity contribution < 1.29 is 13.6 Å². The Labute approximate surface area is 136 Å². The van der Waals surface area contributed by atoms with E-state index in [1.807, 2.05) is 0 Å². The largest absolute Gasteiger partial charge is 0.459 e. The molecule has 0 radical (unpaired) electrons. The molecule has 0 aliphatic carbocycles. The molecule has 0 aliphatic rings. The van der Waals surface area contributed by atoms with Gasteiger partial charge in [0.15, 0.2) is 5.76 Å². The van der Waals surface area contributed by atoms with Crippen LogP contribution >= 0.6 is 11.6 Å². The maximum Gasteiger partial charge on any atom is 0.291 e. The number of benzene rings is 1. The molecule has 2 heterocycles. The molecule has 0 unspecified atom stereocenters. The fourth-order valence-corrected chi connectivity index (χ4v) is 2.04. The Kier molecular flexibility index (Phi) is 4.25. The third kappa shape index (κ3) is 3.67. The Morgan fingerprint density at radius 2 is 2.00 bits per heavy atom. The average molecular weight is 332 g/mol. The zero-order chi connectivity index (χ0) is 16.2. The Bertz CT molecular complexity index is 820. The first-order valence-electron chi connectivity index (χ1n) is 6.65. The van der Waals surface area contributed by atoms with Gasteiger partial charge in [-0.2, -0.15) is 0 Å². The number of halogens is 2. The van der Waals surface area contributed by atoms with Crippen molar-refractivity contribution in [3.05, 3.63) is 71.5 Å². The van der Waals surface area contributed by atoms with Gasteiger partial charge in [-0.3, -0.25) is 4.79 Å². The quantitative estimate of drug-likeness (QED) is 0.740. The maximum absolute atomic E-state index is 13.1. The lowest BCUT2D eigenvalue weighted by atomic mass is 10.3. The highest BCUT2D eigenvalue weighted by Gasteiger charge is 2.09. The molecule has 23 heavy (non-hydrogen) atoms. The van der Waals surface area contributed by atoms with Gasteiger partial charge in [0.05, 0.1) is 23.2 Å². The van der Waals surface area contributed by atoms with Gasteiger partial charge in [0, 0.05) is 5.69 Å². The number of hydrogen-bond donors (Lipinski definition) is 2. The fourth-order valence-electron chi connectivity index (χ4n) is 1.86. The smallest absolute Gasteiger partial charge is 0.291 e. The van der Waals surface area contributed by atoms with Crippen molar-refractivity contribution in [2.75, 3.05) is 10.6 Å². The predicted octanol–water partition coefficient (Wildman–Crippen LogP) is 4.46. The Balaban J connectivity index is 1.67. The molecular formula is C16H11ClFN3O2. The summed E-state index contributed by atoms with van der Waals surface area (Å²) in [6.07, 6.45) is 2.92. The van der Waals surface area contributed by atoms with E-state index in [1.165, 1.54) is 24.6 Å². The molecule has 0 bridgehead atoms. The van der Waals surface area contributed by atoms with Crippen molar-refractivity contribution >= 4 is 34.7 Å². The molecule has 1 aromatic carbocycles. The summed E-state index contributed by atoms with van der Waals surface area (Å²) in [6.45, 7) is 0. The van der Waals surface area contributed by atoms with E-state index in [4.69, 9.17) is 16.0 Å². The van der Waals surface area contributed by atoms with Gasteiger partial charge < -0.3 is 15.1 Å². The summed E-state index contributed by atoms with van der Waals surface area (Å²) in [4.78, 5) is 16.0. The van der Waals surface area contributed by atoms with Crippen LogP contribution in [0.2, 0.25) is 5.02 Å². The highest BCUT2D eigenvalue weighted by atomic mass is 35.5. The SMILES string of the molecule is O=C(Nc1ccc(Nc2ccc(F)c(Cl)c2)nc1)c1ccco1. The lowest BCUT2D eigenvalue weighted by molar-refractivity contribution is 0.0996. The highest BCUT2D eigenvalue weighted by Crippen LogP contribution is 2.22. The van der Waals surface area contributed by atoms with Crippen LogP contribution in [0.4, 0.5) is 21.6 Å². The van der Waals surface area contributed by atoms with E-state index in [2.05, 4.69) is 15.6 Å². The number of aromatic nitrogens is 1. The van der Waals surface area contributed by atoms with E-state index >= 15 is 0 Å². The minimum absolute atomic E-state index is 0.0253. The molecule has 0 saturated carbocycles. The Morgan fingerprint density at radius 3 is 2.65 bits per heavy atom. The molecule has 0 fully saturated rings. The molecule has 3 rings (SSSR count). The van der Waals surface area contributed by atoms with Gasteiger partial charge in [-0.1, -0.05) is 11.6 Å². The van der Waals surface area contributed by atoms with Gasteiger partial charge in [0.25, 0.3) is 5.91 Å². The molecule has 3 aromatic rings. The Hall–Kier alpha value is -2.86. The summed E-state index contributed by atoms with van der Waals surface area (Å²) < 4.78 is 18.1. The molecule has 2 N–H and O–H groups in total. The number of furan rings is 1. The van der Waals surface area contributed by atoms with Gasteiger partial charge >= 0.3 is 0 Å². The van der Waals surface area contributed by atoms with Crippen LogP contribution < -0.4 is 10.6 Å². The zero-order valence-corrected chi connectivity index (χ0v) is 12.5. The first-order chi connectivity index (χ1) is 11.1. The highest BCUT2D eigenvalue weighted by molar-refractivity contribution is 6.31. The second kappa shape index (κ2) is 6.50. The van der Waals surface area contributed by atoms with E-state index in [9.17, 15) is 9.18 Å². The number of carbonyl (C=O) groups is 1. The van der Waals surface area contributed by atoms with Crippen LogP contribution in [0.5, 0.6) is 0 Å². The van der Waals surface area contributed by atoms with Crippen LogP contribution in [0.1, 0.15) is 10.6 Å². The lowest BCUT2D eigenvalue weighted by Crippen LogP contribution is -2.11. The molecule has 5 nitrogen and oxygen atoms in total.